The Kier molecular flexibility index (Phi) is 11.3. The zero-order chi connectivity index (χ0) is 5.70. The summed E-state index contributed by atoms with van der Waals surface area (Å²) in [5, 5.41) is 2.84. The third kappa shape index (κ3) is 9.93. The summed E-state index contributed by atoms with van der Waals surface area (Å²) in [5.41, 5.74) is 0. The largest absolute Gasteiger partial charge is 0.412 e. The van der Waals surface area contributed by atoms with Crippen molar-refractivity contribution in [1.82, 2.24) is 5.32 Å². The predicted molar refractivity (Wildman–Crippen MR) is 38.3 cm³/mol. The van der Waals surface area contributed by atoms with Crippen LogP contribution in [0.5, 0.6) is 0 Å². The van der Waals surface area contributed by atoms with E-state index in [1.807, 2.05) is 0 Å². The summed E-state index contributed by atoms with van der Waals surface area (Å²) < 4.78 is 0.474. The van der Waals surface area contributed by atoms with Crippen LogP contribution in [0, 0.1) is 0 Å². The fraction of sp³-hybridized carbons (Fsp3) is 0.750. The molecule has 0 saturated carbocycles. The van der Waals surface area contributed by atoms with Gasteiger partial charge in [0.05, 0.1) is 0 Å². The molecule has 0 unspecified atom stereocenters. The molecular weight excluding hydrogens is 222 g/mol. The molecule has 0 aliphatic rings. The fourth-order valence-electron chi connectivity index (χ4n) is 0.227. The van der Waals surface area contributed by atoms with E-state index in [9.17, 15) is 0 Å². The fourth-order valence-corrected chi connectivity index (χ4v) is 0.431. The molecule has 4 heteroatoms. The van der Waals surface area contributed by atoms with Crippen molar-refractivity contribution in [2.45, 2.75) is 13.3 Å². The van der Waals surface area contributed by atoms with Gasteiger partial charge in [-0.2, -0.15) is 0 Å². The van der Waals surface area contributed by atoms with Crippen LogP contribution in [0.1, 0.15) is 13.3 Å². The summed E-state index contributed by atoms with van der Waals surface area (Å²) in [7, 11) is 0. The summed E-state index contributed by atoms with van der Waals surface area (Å²) in [4.78, 5) is 0. The van der Waals surface area contributed by atoms with Gasteiger partial charge < -0.3 is 30.2 Å². The molecule has 0 radical (unpaired) electrons. The minimum absolute atomic E-state index is 0. The van der Waals surface area contributed by atoms with Crippen LogP contribution < -0.4 is 5.32 Å². The van der Waals surface area contributed by atoms with Crippen molar-refractivity contribution in [3.63, 3.8) is 0 Å². The number of rotatable bonds is 2. The van der Waals surface area contributed by atoms with Crippen LogP contribution in [0.4, 0.5) is 0 Å². The van der Waals surface area contributed by atoms with Crippen LogP contribution >= 0.6 is 12.2 Å². The minimum Gasteiger partial charge on any atom is -0.412 e. The quantitative estimate of drug-likeness (QED) is 0.428. The van der Waals surface area contributed by atoms with E-state index in [1.165, 1.54) is 0 Å². The maximum atomic E-state index is 4.56. The third-order valence-corrected chi connectivity index (χ3v) is 0.808. The van der Waals surface area contributed by atoms with Crippen LogP contribution in [0.3, 0.4) is 0 Å². The van der Waals surface area contributed by atoms with E-state index in [0.717, 1.165) is 13.0 Å². The molecule has 0 aliphatic heterocycles. The Morgan fingerprint density at radius 1 is 1.75 bits per heavy atom. The van der Waals surface area contributed by atoms with Crippen LogP contribution in [-0.2, 0) is 33.7 Å². The van der Waals surface area contributed by atoms with Crippen LogP contribution in [0.25, 0.3) is 0 Å². The predicted octanol–water partition coefficient (Wildman–Crippen LogP) is 0.815. The molecule has 0 spiro atoms. The minimum atomic E-state index is 0. The third-order valence-electron chi connectivity index (χ3n) is 0.519. The zero-order valence-electron chi connectivity index (χ0n) is 4.64. The standard InChI is InChI=1S/C4H9NS2.Mo/c1-2-3-5-4(6)7;/h2-3H2,1H3,(H2,5,6,7);/p-1. The number of hydrogen-bond acceptors (Lipinski definition) is 2. The molecule has 0 aromatic rings. The molecule has 1 N–H and O–H groups in total. The van der Waals surface area contributed by atoms with Gasteiger partial charge in [-0.15, -0.1) is 0 Å². The van der Waals surface area contributed by atoms with Crippen LogP contribution in [0.15, 0.2) is 0 Å². The van der Waals surface area contributed by atoms with Crippen molar-refractivity contribution in [1.29, 1.82) is 0 Å². The Hall–Kier alpha value is 0.798. The first-order valence-corrected chi connectivity index (χ1v) is 3.04. The van der Waals surface area contributed by atoms with Gasteiger partial charge in [-0.05, 0) is 6.42 Å². The Balaban J connectivity index is 0. The van der Waals surface area contributed by atoms with Gasteiger partial charge in [0.2, 0.25) is 0 Å². The van der Waals surface area contributed by atoms with Gasteiger partial charge in [0, 0.05) is 27.6 Å². The molecule has 1 nitrogen and oxygen atoms in total. The molecule has 0 saturated heterocycles. The molecule has 0 amide bonds. The van der Waals surface area contributed by atoms with E-state index in [-0.39, 0.29) is 21.1 Å². The Morgan fingerprint density at radius 3 is 2.38 bits per heavy atom. The summed E-state index contributed by atoms with van der Waals surface area (Å²) in [6.07, 6.45) is 1.08. The maximum Gasteiger partial charge on any atom is 0.0129 e. The monoisotopic (exact) mass is 232 g/mol. The molecule has 48 valence electrons. The molecule has 0 bridgehead atoms. The summed E-state index contributed by atoms with van der Waals surface area (Å²) in [6, 6.07) is 0. The van der Waals surface area contributed by atoms with Crippen LogP contribution in [-0.4, -0.2) is 10.9 Å². The molecule has 0 atom stereocenters. The van der Waals surface area contributed by atoms with Gasteiger partial charge in [0.15, 0.2) is 0 Å². The van der Waals surface area contributed by atoms with E-state index in [4.69, 9.17) is 0 Å². The number of thiocarbonyl (C=S) groups is 1. The zero-order valence-corrected chi connectivity index (χ0v) is 8.28. The maximum absolute atomic E-state index is 4.56. The molecule has 8 heavy (non-hydrogen) atoms. The van der Waals surface area contributed by atoms with E-state index >= 15 is 0 Å². The molecular formula is C4H8MoNS2-. The van der Waals surface area contributed by atoms with E-state index < -0.39 is 0 Å². The van der Waals surface area contributed by atoms with Gasteiger partial charge in [-0.25, -0.2) is 0 Å². The number of nitrogens with one attached hydrogen (secondary N) is 1. The van der Waals surface area contributed by atoms with Crippen molar-refractivity contribution in [2.24, 2.45) is 0 Å². The smallest absolute Gasteiger partial charge is 0.0129 e. The van der Waals surface area contributed by atoms with Gasteiger partial charge in [-0.1, -0.05) is 11.2 Å². The molecule has 0 fully saturated rings. The normalized spacial score (nSPS) is 7.12. The van der Waals surface area contributed by atoms with Crippen LogP contribution in [0.2, 0.25) is 0 Å². The van der Waals surface area contributed by atoms with Gasteiger partial charge >= 0.3 is 0 Å². The first kappa shape index (κ1) is 11.6. The van der Waals surface area contributed by atoms with Crippen molar-refractivity contribution in [3.8, 4) is 0 Å². The topological polar surface area (TPSA) is 12.0 Å². The van der Waals surface area contributed by atoms with Gasteiger partial charge in [-0.3, -0.25) is 0 Å². The molecule has 0 aromatic carbocycles. The Morgan fingerprint density at radius 2 is 2.25 bits per heavy atom. The molecule has 0 aliphatic carbocycles. The summed E-state index contributed by atoms with van der Waals surface area (Å²) in [5.74, 6) is 0. The Labute approximate surface area is 75.3 Å². The van der Waals surface area contributed by atoms with E-state index in [2.05, 4.69) is 37.1 Å². The average Bonchev–Trinajstić information content (AvgIpc) is 1.61. The first-order valence-electron chi connectivity index (χ1n) is 2.22. The second-order valence-corrected chi connectivity index (χ2v) is 2.29. The SMILES string of the molecule is CCCNC(=S)[S-].[Mo]. The van der Waals surface area contributed by atoms with Crippen molar-refractivity contribution in [3.05, 3.63) is 0 Å². The van der Waals surface area contributed by atoms with Gasteiger partial charge in [0.25, 0.3) is 0 Å². The van der Waals surface area contributed by atoms with Crippen molar-refractivity contribution >= 4 is 29.2 Å². The van der Waals surface area contributed by atoms with Crippen molar-refractivity contribution < 1.29 is 21.1 Å². The molecule has 0 aromatic heterocycles. The molecule has 0 rings (SSSR count). The number of hydrogen-bond donors (Lipinski definition) is 1. The summed E-state index contributed by atoms with van der Waals surface area (Å²) in [6.45, 7) is 2.98. The first-order chi connectivity index (χ1) is 3.27. The molecule has 0 heterocycles. The second-order valence-electron chi connectivity index (χ2n) is 1.21. The second kappa shape index (κ2) is 7.80. The van der Waals surface area contributed by atoms with Crippen molar-refractivity contribution in [2.75, 3.05) is 6.54 Å². The average molecular weight is 230 g/mol. The van der Waals surface area contributed by atoms with E-state index in [1.54, 1.807) is 0 Å². The Bertz CT molecular complexity index is 67.1. The van der Waals surface area contributed by atoms with E-state index in [0.29, 0.717) is 4.32 Å². The van der Waals surface area contributed by atoms with Gasteiger partial charge in [0.1, 0.15) is 0 Å². The summed E-state index contributed by atoms with van der Waals surface area (Å²) >= 11 is 9.13.